The molecule has 0 saturated carbocycles. The highest BCUT2D eigenvalue weighted by Crippen LogP contribution is 2.26. The van der Waals surface area contributed by atoms with Crippen molar-refractivity contribution in [3.05, 3.63) is 0 Å². The number of nitrogens with zero attached hydrogens (tertiary/aromatic N) is 1. The van der Waals surface area contributed by atoms with E-state index in [-0.39, 0.29) is 5.54 Å². The first kappa shape index (κ1) is 9.52. The molecule has 0 amide bonds. The fourth-order valence-electron chi connectivity index (χ4n) is 1.43. The smallest absolute Gasteiger partial charge is 0.0942 e. The van der Waals surface area contributed by atoms with Crippen molar-refractivity contribution in [2.75, 3.05) is 13.2 Å². The first-order valence-electron chi connectivity index (χ1n) is 4.64. The summed E-state index contributed by atoms with van der Waals surface area (Å²) in [5.41, 5.74) is 5.71. The van der Waals surface area contributed by atoms with E-state index in [9.17, 15) is 0 Å². The predicted molar refractivity (Wildman–Crippen MR) is 50.4 cm³/mol. The molecular formula is C9H18N2O. The fourth-order valence-corrected chi connectivity index (χ4v) is 1.43. The number of aliphatic imine (C=N–C) groups is 1. The Kier molecular flexibility index (Phi) is 3.09. The van der Waals surface area contributed by atoms with Gasteiger partial charge in [0.15, 0.2) is 0 Å². The quantitative estimate of drug-likeness (QED) is 0.513. The van der Waals surface area contributed by atoms with E-state index in [4.69, 9.17) is 10.5 Å². The van der Waals surface area contributed by atoms with Gasteiger partial charge in [-0.2, -0.15) is 0 Å². The number of ether oxygens (including phenoxy) is 1. The SMILES string of the molecule is CCC(N)=NC1(CC)CCOC1. The summed E-state index contributed by atoms with van der Waals surface area (Å²) in [5, 5.41) is 0. The minimum Gasteiger partial charge on any atom is -0.387 e. The molecule has 12 heavy (non-hydrogen) atoms. The van der Waals surface area contributed by atoms with E-state index in [1.54, 1.807) is 0 Å². The summed E-state index contributed by atoms with van der Waals surface area (Å²) in [6, 6.07) is 0. The Morgan fingerprint density at radius 3 is 2.75 bits per heavy atom. The van der Waals surface area contributed by atoms with Crippen LogP contribution in [0.4, 0.5) is 0 Å². The number of hydrogen-bond acceptors (Lipinski definition) is 2. The maximum Gasteiger partial charge on any atom is 0.0942 e. The minimum atomic E-state index is 0.0000926. The van der Waals surface area contributed by atoms with E-state index in [1.807, 2.05) is 6.92 Å². The first-order chi connectivity index (χ1) is 5.72. The molecule has 0 aromatic heterocycles. The molecule has 1 aliphatic rings. The third kappa shape index (κ3) is 1.97. The van der Waals surface area contributed by atoms with Crippen LogP contribution in [0.25, 0.3) is 0 Å². The summed E-state index contributed by atoms with van der Waals surface area (Å²) in [5.74, 6) is 0.752. The standard InChI is InChI=1S/C9H18N2O/c1-3-8(10)11-9(4-2)5-6-12-7-9/h3-7H2,1-2H3,(H2,10,11). The Balaban J connectivity index is 2.66. The molecule has 1 atom stereocenters. The second-order valence-electron chi connectivity index (χ2n) is 3.34. The van der Waals surface area contributed by atoms with Crippen molar-refractivity contribution >= 4 is 5.84 Å². The van der Waals surface area contributed by atoms with Gasteiger partial charge in [-0.3, -0.25) is 4.99 Å². The van der Waals surface area contributed by atoms with E-state index < -0.39 is 0 Å². The zero-order chi connectivity index (χ0) is 9.03. The Hall–Kier alpha value is -0.570. The summed E-state index contributed by atoms with van der Waals surface area (Å²) in [7, 11) is 0. The fraction of sp³-hybridized carbons (Fsp3) is 0.889. The first-order valence-corrected chi connectivity index (χ1v) is 4.64. The summed E-state index contributed by atoms with van der Waals surface area (Å²) < 4.78 is 5.33. The Morgan fingerprint density at radius 1 is 1.58 bits per heavy atom. The highest BCUT2D eigenvalue weighted by atomic mass is 16.5. The molecule has 3 heteroatoms. The maximum absolute atomic E-state index is 5.71. The van der Waals surface area contributed by atoms with Crippen molar-refractivity contribution in [2.24, 2.45) is 10.7 Å². The van der Waals surface area contributed by atoms with Gasteiger partial charge in [-0.05, 0) is 12.8 Å². The lowest BCUT2D eigenvalue weighted by atomic mass is 9.96. The van der Waals surface area contributed by atoms with Crippen molar-refractivity contribution in [1.82, 2.24) is 0 Å². The topological polar surface area (TPSA) is 47.6 Å². The number of nitrogens with two attached hydrogens (primary N) is 1. The van der Waals surface area contributed by atoms with Gasteiger partial charge >= 0.3 is 0 Å². The van der Waals surface area contributed by atoms with Crippen LogP contribution < -0.4 is 5.73 Å². The second-order valence-corrected chi connectivity index (χ2v) is 3.34. The van der Waals surface area contributed by atoms with Gasteiger partial charge in [-0.1, -0.05) is 13.8 Å². The average Bonchev–Trinajstić information content (AvgIpc) is 2.54. The van der Waals surface area contributed by atoms with E-state index in [0.717, 1.165) is 38.3 Å². The summed E-state index contributed by atoms with van der Waals surface area (Å²) in [6.07, 6.45) is 2.87. The van der Waals surface area contributed by atoms with Crippen LogP contribution in [0.3, 0.4) is 0 Å². The molecule has 1 fully saturated rings. The normalized spacial score (nSPS) is 31.0. The molecule has 0 aromatic carbocycles. The van der Waals surface area contributed by atoms with Gasteiger partial charge in [0.05, 0.1) is 18.0 Å². The van der Waals surface area contributed by atoms with Gasteiger partial charge in [0.2, 0.25) is 0 Å². The molecule has 2 N–H and O–H groups in total. The molecule has 0 aromatic rings. The lowest BCUT2D eigenvalue weighted by molar-refractivity contribution is 0.177. The summed E-state index contributed by atoms with van der Waals surface area (Å²) >= 11 is 0. The molecule has 1 heterocycles. The number of amidine groups is 1. The zero-order valence-corrected chi connectivity index (χ0v) is 7.97. The molecule has 0 spiro atoms. The van der Waals surface area contributed by atoms with Gasteiger partial charge in [0.1, 0.15) is 0 Å². The molecule has 1 rings (SSSR count). The largest absolute Gasteiger partial charge is 0.387 e. The van der Waals surface area contributed by atoms with Gasteiger partial charge in [0.25, 0.3) is 0 Å². The Labute approximate surface area is 74.0 Å². The van der Waals surface area contributed by atoms with Gasteiger partial charge in [0, 0.05) is 13.0 Å². The highest BCUT2D eigenvalue weighted by Gasteiger charge is 2.32. The van der Waals surface area contributed by atoms with E-state index in [0.29, 0.717) is 0 Å². The Morgan fingerprint density at radius 2 is 2.33 bits per heavy atom. The maximum atomic E-state index is 5.71. The van der Waals surface area contributed by atoms with Crippen LogP contribution in [0, 0.1) is 0 Å². The summed E-state index contributed by atoms with van der Waals surface area (Å²) in [6.45, 7) is 5.73. The average molecular weight is 170 g/mol. The molecule has 70 valence electrons. The molecule has 1 unspecified atom stereocenters. The van der Waals surface area contributed by atoms with Crippen LogP contribution >= 0.6 is 0 Å². The van der Waals surface area contributed by atoms with Crippen molar-refractivity contribution < 1.29 is 4.74 Å². The second kappa shape index (κ2) is 3.90. The van der Waals surface area contributed by atoms with E-state index in [1.165, 1.54) is 0 Å². The highest BCUT2D eigenvalue weighted by molar-refractivity contribution is 5.80. The van der Waals surface area contributed by atoms with Crippen molar-refractivity contribution in [1.29, 1.82) is 0 Å². The van der Waals surface area contributed by atoms with Crippen LogP contribution in [-0.2, 0) is 4.74 Å². The molecule has 1 saturated heterocycles. The van der Waals surface area contributed by atoms with Crippen LogP contribution in [0.1, 0.15) is 33.1 Å². The minimum absolute atomic E-state index is 0.0000926. The predicted octanol–water partition coefficient (Wildman–Crippen LogP) is 1.32. The molecule has 1 aliphatic heterocycles. The van der Waals surface area contributed by atoms with Crippen molar-refractivity contribution in [2.45, 2.75) is 38.6 Å². The van der Waals surface area contributed by atoms with Crippen molar-refractivity contribution in [3.8, 4) is 0 Å². The lowest BCUT2D eigenvalue weighted by Crippen LogP contribution is -2.29. The lowest BCUT2D eigenvalue weighted by Gasteiger charge is -2.20. The third-order valence-corrected chi connectivity index (χ3v) is 2.48. The number of hydrogen-bond donors (Lipinski definition) is 1. The van der Waals surface area contributed by atoms with Gasteiger partial charge in [-0.15, -0.1) is 0 Å². The molecule has 0 radical (unpaired) electrons. The van der Waals surface area contributed by atoms with Crippen LogP contribution in [0.15, 0.2) is 4.99 Å². The van der Waals surface area contributed by atoms with E-state index >= 15 is 0 Å². The van der Waals surface area contributed by atoms with Crippen LogP contribution in [0.2, 0.25) is 0 Å². The third-order valence-electron chi connectivity index (χ3n) is 2.48. The van der Waals surface area contributed by atoms with Crippen LogP contribution in [-0.4, -0.2) is 24.6 Å². The van der Waals surface area contributed by atoms with Gasteiger partial charge < -0.3 is 10.5 Å². The molecule has 0 bridgehead atoms. The van der Waals surface area contributed by atoms with Crippen molar-refractivity contribution in [3.63, 3.8) is 0 Å². The zero-order valence-electron chi connectivity index (χ0n) is 7.97. The number of rotatable bonds is 3. The molecule has 0 aliphatic carbocycles. The van der Waals surface area contributed by atoms with Gasteiger partial charge in [-0.25, -0.2) is 0 Å². The monoisotopic (exact) mass is 170 g/mol. The summed E-state index contributed by atoms with van der Waals surface area (Å²) in [4.78, 5) is 4.51. The molecular weight excluding hydrogens is 152 g/mol. The van der Waals surface area contributed by atoms with E-state index in [2.05, 4.69) is 11.9 Å². The Bertz CT molecular complexity index is 171. The molecule has 3 nitrogen and oxygen atoms in total. The van der Waals surface area contributed by atoms with Crippen LogP contribution in [0.5, 0.6) is 0 Å².